The van der Waals surface area contributed by atoms with Crippen LogP contribution in [0.5, 0.6) is 11.5 Å². The van der Waals surface area contributed by atoms with Crippen LogP contribution in [0.1, 0.15) is 76.5 Å². The number of piperidine rings is 1. The molecule has 0 spiro atoms. The summed E-state index contributed by atoms with van der Waals surface area (Å²) < 4.78 is 5.91. The highest BCUT2D eigenvalue weighted by Crippen LogP contribution is 2.25. The molecule has 2 saturated heterocycles. The molecule has 8 amide bonds. The third-order valence-corrected chi connectivity index (χ3v) is 13.4. The number of amides is 8. The molecule has 3 aromatic rings. The van der Waals surface area contributed by atoms with E-state index in [0.717, 1.165) is 9.80 Å². The van der Waals surface area contributed by atoms with Crippen LogP contribution in [0.3, 0.4) is 0 Å². The number of phenolic OH excluding ortho intramolecular Hbond substituents is 2. The molecule has 2 unspecified atom stereocenters. The number of ether oxygens (including phenoxy) is 1. The molecule has 12 N–H and O–H groups in total. The van der Waals surface area contributed by atoms with Crippen LogP contribution in [0.4, 0.5) is 0 Å². The Balaban J connectivity index is 1.60. The number of carbonyl (C=O) groups excluding carboxylic acids is 9. The molecule has 2 aliphatic heterocycles. The van der Waals surface area contributed by atoms with E-state index in [1.807, 2.05) is 0 Å². The minimum absolute atomic E-state index is 0.0664. The number of rotatable bonds is 16. The summed E-state index contributed by atoms with van der Waals surface area (Å²) in [5.41, 5.74) is 6.80. The normalized spacial score (nSPS) is 24.9. The second-order valence-corrected chi connectivity index (χ2v) is 19.1. The summed E-state index contributed by atoms with van der Waals surface area (Å²) in [5, 5.41) is 65.8. The molecule has 23 heteroatoms. The maximum absolute atomic E-state index is 14.8. The standard InChI is InChI=1S/C52H68N8O15/c1-6-27(2)42-52(74)75-29(4)43(58-45(67)35(20-22-40(53)65)54-48(70)39(64)26-32-14-18-34(63)19-15-32)49(71)56-37(24-31-12-16-33(62)17-13-31)46(68)55-36-21-23-41(66)60(50(36)72)44(28(3)61)51(73)59(5)38(47(69)57-42)25-30-10-8-7-9-11-30/h7-19,27-29,35-39,41-44,61-64,66H,6,20-26H2,1-5H3,(H2,53,65)(H,54,70)(H,55,68)(H,56,71)(H,57,69)(H,58,67)/t27-,28+,29-,35?,36-,37-,38-,39?,41+,42-,43-,44-/m0/s1. The zero-order valence-corrected chi connectivity index (χ0v) is 42.4. The van der Waals surface area contributed by atoms with Crippen molar-refractivity contribution in [1.82, 2.24) is 36.4 Å². The molecule has 12 atom stereocenters. The van der Waals surface area contributed by atoms with Crippen molar-refractivity contribution in [1.29, 1.82) is 0 Å². The second kappa shape index (κ2) is 26.5. The van der Waals surface area contributed by atoms with Crippen LogP contribution in [-0.4, -0.2) is 162 Å². The average molecular weight is 1050 g/mol. The number of likely N-dealkylation sites (N-methyl/N-ethyl adjacent to an activating group) is 1. The molecule has 0 saturated carbocycles. The van der Waals surface area contributed by atoms with Crippen molar-refractivity contribution in [3.63, 3.8) is 0 Å². The summed E-state index contributed by atoms with van der Waals surface area (Å²) in [6.07, 6.45) is -8.50. The molecule has 406 valence electrons. The fourth-order valence-electron chi connectivity index (χ4n) is 8.80. The van der Waals surface area contributed by atoms with Crippen LogP contribution in [0.25, 0.3) is 0 Å². The fraction of sp³-hybridized carbons (Fsp3) is 0.481. The molecule has 2 bridgehead atoms. The van der Waals surface area contributed by atoms with Gasteiger partial charge in [0.2, 0.25) is 47.3 Å². The number of nitrogens with one attached hydrogen (secondary N) is 5. The molecular weight excluding hydrogens is 977 g/mol. The van der Waals surface area contributed by atoms with Crippen molar-refractivity contribution in [3.8, 4) is 11.5 Å². The first kappa shape index (κ1) is 58.3. The molecule has 3 aromatic carbocycles. The highest BCUT2D eigenvalue weighted by Gasteiger charge is 2.47. The van der Waals surface area contributed by atoms with Gasteiger partial charge in [0.05, 0.1) is 6.10 Å². The second-order valence-electron chi connectivity index (χ2n) is 19.1. The van der Waals surface area contributed by atoms with Crippen molar-refractivity contribution in [2.24, 2.45) is 11.7 Å². The van der Waals surface area contributed by atoms with Gasteiger partial charge in [-0.3, -0.25) is 38.4 Å². The lowest BCUT2D eigenvalue weighted by Gasteiger charge is -2.43. The van der Waals surface area contributed by atoms with E-state index < -0.39 is 139 Å². The van der Waals surface area contributed by atoms with Gasteiger partial charge in [-0.15, -0.1) is 0 Å². The molecule has 0 aromatic heterocycles. The van der Waals surface area contributed by atoms with E-state index in [-0.39, 0.29) is 50.0 Å². The van der Waals surface area contributed by atoms with E-state index in [1.165, 1.54) is 69.4 Å². The summed E-state index contributed by atoms with van der Waals surface area (Å²) >= 11 is 0. The number of aromatic hydroxyl groups is 2. The van der Waals surface area contributed by atoms with E-state index in [1.54, 1.807) is 44.2 Å². The number of esters is 1. The topological polar surface area (TPSA) is 357 Å². The third kappa shape index (κ3) is 15.7. The molecule has 2 heterocycles. The van der Waals surface area contributed by atoms with Crippen molar-refractivity contribution in [2.45, 2.75) is 146 Å². The van der Waals surface area contributed by atoms with E-state index in [9.17, 15) is 68.7 Å². The highest BCUT2D eigenvalue weighted by molar-refractivity contribution is 5.99. The first-order chi connectivity index (χ1) is 35.5. The van der Waals surface area contributed by atoms with Gasteiger partial charge in [-0.1, -0.05) is 74.9 Å². The van der Waals surface area contributed by atoms with Crippen molar-refractivity contribution in [3.05, 3.63) is 95.6 Å². The van der Waals surface area contributed by atoms with Crippen molar-refractivity contribution in [2.75, 3.05) is 7.05 Å². The Kier molecular flexibility index (Phi) is 20.6. The maximum Gasteiger partial charge on any atom is 0.329 e. The van der Waals surface area contributed by atoms with Gasteiger partial charge in [0.15, 0.2) is 0 Å². The Morgan fingerprint density at radius 1 is 0.773 bits per heavy atom. The zero-order valence-electron chi connectivity index (χ0n) is 42.4. The molecular formula is C52H68N8O15. The van der Waals surface area contributed by atoms with Crippen LogP contribution < -0.4 is 32.3 Å². The summed E-state index contributed by atoms with van der Waals surface area (Å²) in [7, 11) is 1.26. The number of carbonyl (C=O) groups is 9. The number of hydrogen-bond acceptors (Lipinski definition) is 15. The van der Waals surface area contributed by atoms with Gasteiger partial charge >= 0.3 is 5.97 Å². The van der Waals surface area contributed by atoms with E-state index in [2.05, 4.69) is 26.6 Å². The number of cyclic esters (lactones) is 1. The minimum Gasteiger partial charge on any atom is -0.508 e. The van der Waals surface area contributed by atoms with Gasteiger partial charge in [0.1, 0.15) is 72.2 Å². The largest absolute Gasteiger partial charge is 0.508 e. The Bertz CT molecular complexity index is 2510. The maximum atomic E-state index is 14.8. The number of aliphatic hydroxyl groups excluding tert-OH is 3. The van der Waals surface area contributed by atoms with E-state index in [4.69, 9.17) is 10.5 Å². The number of phenols is 2. The van der Waals surface area contributed by atoms with Gasteiger partial charge < -0.3 is 72.4 Å². The van der Waals surface area contributed by atoms with E-state index in [0.29, 0.717) is 16.7 Å². The fourth-order valence-corrected chi connectivity index (χ4v) is 8.80. The van der Waals surface area contributed by atoms with Crippen molar-refractivity contribution >= 4 is 53.2 Å². The Morgan fingerprint density at radius 3 is 1.96 bits per heavy atom. The van der Waals surface area contributed by atoms with Crippen LogP contribution in [0.2, 0.25) is 0 Å². The Hall–Kier alpha value is -7.63. The molecule has 0 radical (unpaired) electrons. The molecule has 2 aliphatic rings. The third-order valence-electron chi connectivity index (χ3n) is 13.4. The lowest BCUT2D eigenvalue weighted by Crippen LogP contribution is -2.67. The van der Waals surface area contributed by atoms with Gasteiger partial charge in [0.25, 0.3) is 0 Å². The van der Waals surface area contributed by atoms with Gasteiger partial charge in [-0.2, -0.15) is 0 Å². The first-order valence-electron chi connectivity index (χ1n) is 24.7. The Labute approximate surface area is 433 Å². The predicted octanol–water partition coefficient (Wildman–Crippen LogP) is -1.32. The lowest BCUT2D eigenvalue weighted by molar-refractivity contribution is -0.170. The van der Waals surface area contributed by atoms with Crippen molar-refractivity contribution < 1.29 is 73.4 Å². The zero-order chi connectivity index (χ0) is 55.3. The lowest BCUT2D eigenvalue weighted by atomic mass is 9.96. The van der Waals surface area contributed by atoms with Crippen LogP contribution in [-0.2, 0) is 67.2 Å². The average Bonchev–Trinajstić information content (AvgIpc) is 3.37. The number of fused-ring (bicyclic) bond motifs is 2. The predicted molar refractivity (Wildman–Crippen MR) is 267 cm³/mol. The number of primary amides is 1. The minimum atomic E-state index is -1.94. The summed E-state index contributed by atoms with van der Waals surface area (Å²) in [5.74, 6) is -10.1. The van der Waals surface area contributed by atoms with E-state index >= 15 is 0 Å². The SMILES string of the molecule is CC[C@H](C)[C@@H]1NC(=O)[C@H](Cc2ccccc2)N(C)C(=O)[C@H]([C@@H](C)O)N2C(=O)[C@H](CC[C@H]2O)NC(=O)[C@H](Cc2ccc(O)cc2)NC(=O)[C@@H](NC(=O)C(CCC(N)=O)NC(=O)C(O)Cc2ccc(O)cc2)[C@H](C)OC1=O. The molecule has 5 rings (SSSR count). The number of hydrogen-bond donors (Lipinski definition) is 11. The Morgan fingerprint density at radius 2 is 1.37 bits per heavy atom. The number of nitrogens with two attached hydrogens (primary N) is 1. The summed E-state index contributed by atoms with van der Waals surface area (Å²) in [4.78, 5) is 129. The van der Waals surface area contributed by atoms with Gasteiger partial charge in [0, 0.05) is 32.7 Å². The first-order valence-corrected chi connectivity index (χ1v) is 24.7. The van der Waals surface area contributed by atoms with Crippen LogP contribution in [0, 0.1) is 5.92 Å². The highest BCUT2D eigenvalue weighted by atomic mass is 16.5. The van der Waals surface area contributed by atoms with Gasteiger partial charge in [-0.25, -0.2) is 4.79 Å². The smallest absolute Gasteiger partial charge is 0.329 e. The molecule has 23 nitrogen and oxygen atoms in total. The monoisotopic (exact) mass is 1040 g/mol. The number of nitrogens with zero attached hydrogens (tertiary/aromatic N) is 2. The van der Waals surface area contributed by atoms with Gasteiger partial charge in [-0.05, 0) is 80.0 Å². The quantitative estimate of drug-likeness (QED) is 0.0742. The molecule has 75 heavy (non-hydrogen) atoms. The summed E-state index contributed by atoms with van der Waals surface area (Å²) in [6.45, 7) is 5.79. The number of aliphatic hydroxyl groups is 3. The molecule has 0 aliphatic carbocycles. The van der Waals surface area contributed by atoms with Crippen LogP contribution >= 0.6 is 0 Å². The molecule has 2 fully saturated rings. The summed E-state index contributed by atoms with van der Waals surface area (Å²) in [6, 6.07) is 8.22. The van der Waals surface area contributed by atoms with Crippen LogP contribution in [0.15, 0.2) is 78.9 Å². The number of benzene rings is 3.